The molecule has 1 aromatic carbocycles. The summed E-state index contributed by atoms with van der Waals surface area (Å²) in [6, 6.07) is 11.2. The average molecular weight is 271 g/mol. The van der Waals surface area contributed by atoms with Crippen LogP contribution in [0.1, 0.15) is 50.4 Å². The topological polar surface area (TPSA) is 29.9 Å². The van der Waals surface area contributed by atoms with Gasteiger partial charge in [-0.15, -0.1) is 0 Å². The van der Waals surface area contributed by atoms with E-state index in [9.17, 15) is 0 Å². The van der Waals surface area contributed by atoms with Crippen molar-refractivity contribution in [2.24, 2.45) is 0 Å². The first-order valence-corrected chi connectivity index (χ1v) is 7.45. The Kier molecular flexibility index (Phi) is 5.36. The molecule has 1 heterocycles. The first-order chi connectivity index (χ1) is 9.68. The van der Waals surface area contributed by atoms with Crippen LogP contribution in [-0.2, 0) is 6.54 Å². The molecule has 108 valence electrons. The largest absolute Gasteiger partial charge is 0.331 e. The molecule has 1 aromatic heterocycles. The summed E-state index contributed by atoms with van der Waals surface area (Å²) in [4.78, 5) is 4.23. The van der Waals surface area contributed by atoms with Crippen LogP contribution in [0.15, 0.2) is 42.9 Å². The van der Waals surface area contributed by atoms with E-state index in [1.807, 2.05) is 12.5 Å². The lowest BCUT2D eigenvalue weighted by atomic mass is 9.98. The van der Waals surface area contributed by atoms with Gasteiger partial charge in [-0.3, -0.25) is 0 Å². The second kappa shape index (κ2) is 7.25. The zero-order valence-corrected chi connectivity index (χ0v) is 12.7. The van der Waals surface area contributed by atoms with Gasteiger partial charge in [-0.1, -0.05) is 37.3 Å². The maximum absolute atomic E-state index is 4.23. The van der Waals surface area contributed by atoms with Gasteiger partial charge in [0.05, 0.1) is 12.0 Å². The third-order valence-corrected chi connectivity index (χ3v) is 3.73. The van der Waals surface area contributed by atoms with E-state index < -0.39 is 0 Å². The van der Waals surface area contributed by atoms with Gasteiger partial charge in [-0.2, -0.15) is 0 Å². The molecule has 3 nitrogen and oxygen atoms in total. The lowest BCUT2D eigenvalue weighted by Gasteiger charge is -2.14. The monoisotopic (exact) mass is 271 g/mol. The summed E-state index contributed by atoms with van der Waals surface area (Å²) in [7, 11) is 0. The fourth-order valence-electron chi connectivity index (χ4n) is 2.42. The second-order valence-electron chi connectivity index (χ2n) is 5.66. The highest BCUT2D eigenvalue weighted by Gasteiger charge is 2.06. The molecule has 0 aliphatic carbocycles. The van der Waals surface area contributed by atoms with Gasteiger partial charge >= 0.3 is 0 Å². The number of rotatable bonds is 7. The quantitative estimate of drug-likeness (QED) is 0.777. The summed E-state index contributed by atoms with van der Waals surface area (Å²) in [5, 5.41) is 3.52. The fourth-order valence-corrected chi connectivity index (χ4v) is 2.42. The summed E-state index contributed by atoms with van der Waals surface area (Å²) in [5.41, 5.74) is 2.67. The molecule has 1 atom stereocenters. The molecule has 0 amide bonds. The van der Waals surface area contributed by atoms with Crippen molar-refractivity contribution in [2.45, 2.75) is 45.7 Å². The van der Waals surface area contributed by atoms with Crippen LogP contribution < -0.4 is 5.32 Å². The van der Waals surface area contributed by atoms with Crippen LogP contribution in [-0.4, -0.2) is 16.1 Å². The number of nitrogens with one attached hydrogen (secondary N) is 1. The van der Waals surface area contributed by atoms with Crippen LogP contribution in [0.2, 0.25) is 0 Å². The van der Waals surface area contributed by atoms with Crippen molar-refractivity contribution in [3.63, 3.8) is 0 Å². The molecule has 0 saturated heterocycles. The Bertz CT molecular complexity index is 502. The van der Waals surface area contributed by atoms with E-state index in [4.69, 9.17) is 0 Å². The van der Waals surface area contributed by atoms with Crippen LogP contribution in [0, 0.1) is 0 Å². The Morgan fingerprint density at radius 2 is 1.90 bits per heavy atom. The van der Waals surface area contributed by atoms with Gasteiger partial charge < -0.3 is 9.88 Å². The van der Waals surface area contributed by atoms with Gasteiger partial charge in [0.2, 0.25) is 0 Å². The summed E-state index contributed by atoms with van der Waals surface area (Å²) in [6.07, 6.45) is 5.02. The maximum atomic E-state index is 4.23. The van der Waals surface area contributed by atoms with Gasteiger partial charge in [0.15, 0.2) is 0 Å². The van der Waals surface area contributed by atoms with Crippen molar-refractivity contribution >= 4 is 0 Å². The minimum atomic E-state index is 0.470. The lowest BCUT2D eigenvalue weighted by Crippen LogP contribution is -2.19. The van der Waals surface area contributed by atoms with Crippen molar-refractivity contribution in [3.05, 3.63) is 54.1 Å². The van der Waals surface area contributed by atoms with Gasteiger partial charge in [-0.05, 0) is 38.3 Å². The Hall–Kier alpha value is -1.61. The number of nitrogens with zero attached hydrogens (tertiary/aromatic N) is 2. The second-order valence-corrected chi connectivity index (χ2v) is 5.66. The molecule has 20 heavy (non-hydrogen) atoms. The number of hydrogen-bond acceptors (Lipinski definition) is 2. The minimum Gasteiger partial charge on any atom is -0.331 e. The number of imidazole rings is 1. The lowest BCUT2D eigenvalue weighted by molar-refractivity contribution is 0.536. The number of hydrogen-bond donors (Lipinski definition) is 1. The number of benzene rings is 1. The highest BCUT2D eigenvalue weighted by molar-refractivity contribution is 5.18. The molecular formula is C17H25N3. The van der Waals surface area contributed by atoms with Crippen molar-refractivity contribution in [1.82, 2.24) is 14.9 Å². The van der Waals surface area contributed by atoms with Crippen LogP contribution in [0.3, 0.4) is 0 Å². The van der Waals surface area contributed by atoms with E-state index in [0.717, 1.165) is 19.5 Å². The Labute approximate surface area is 122 Å². The van der Waals surface area contributed by atoms with Crippen molar-refractivity contribution in [2.75, 3.05) is 6.54 Å². The van der Waals surface area contributed by atoms with E-state index in [1.165, 1.54) is 11.3 Å². The highest BCUT2D eigenvalue weighted by atomic mass is 15.1. The third kappa shape index (κ3) is 3.94. The SMILES string of the molecule is CC(CCNCc1cncn1C(C)C)c1ccccc1. The summed E-state index contributed by atoms with van der Waals surface area (Å²) >= 11 is 0. The zero-order chi connectivity index (χ0) is 14.4. The molecule has 0 aliphatic rings. The normalized spacial score (nSPS) is 12.8. The highest BCUT2D eigenvalue weighted by Crippen LogP contribution is 2.17. The third-order valence-electron chi connectivity index (χ3n) is 3.73. The van der Waals surface area contributed by atoms with Crippen molar-refractivity contribution in [3.8, 4) is 0 Å². The molecule has 0 saturated carbocycles. The summed E-state index contributed by atoms with van der Waals surface area (Å²) in [5.74, 6) is 0.596. The number of aromatic nitrogens is 2. The van der Waals surface area contributed by atoms with Gasteiger partial charge in [0, 0.05) is 18.8 Å². The first kappa shape index (κ1) is 14.8. The van der Waals surface area contributed by atoms with Gasteiger partial charge in [-0.25, -0.2) is 4.98 Å². The Morgan fingerprint density at radius 3 is 2.60 bits per heavy atom. The fraction of sp³-hybridized carbons (Fsp3) is 0.471. The molecule has 3 heteroatoms. The molecule has 2 aromatic rings. The van der Waals surface area contributed by atoms with E-state index in [1.54, 1.807) is 0 Å². The van der Waals surface area contributed by atoms with Crippen molar-refractivity contribution < 1.29 is 0 Å². The summed E-state index contributed by atoms with van der Waals surface area (Å²) < 4.78 is 2.22. The minimum absolute atomic E-state index is 0.470. The average Bonchev–Trinajstić information content (AvgIpc) is 2.93. The maximum Gasteiger partial charge on any atom is 0.0951 e. The predicted molar refractivity (Wildman–Crippen MR) is 83.8 cm³/mol. The molecular weight excluding hydrogens is 246 g/mol. The Balaban J connectivity index is 1.75. The predicted octanol–water partition coefficient (Wildman–Crippen LogP) is 3.75. The molecule has 0 radical (unpaired) electrons. The van der Waals surface area contributed by atoms with Crippen LogP contribution >= 0.6 is 0 Å². The van der Waals surface area contributed by atoms with E-state index in [0.29, 0.717) is 12.0 Å². The molecule has 0 bridgehead atoms. The van der Waals surface area contributed by atoms with Gasteiger partial charge in [0.25, 0.3) is 0 Å². The molecule has 2 rings (SSSR count). The zero-order valence-electron chi connectivity index (χ0n) is 12.7. The molecule has 1 unspecified atom stereocenters. The van der Waals surface area contributed by atoms with E-state index in [2.05, 4.69) is 66.0 Å². The van der Waals surface area contributed by atoms with Crippen LogP contribution in [0.25, 0.3) is 0 Å². The molecule has 1 N–H and O–H groups in total. The smallest absolute Gasteiger partial charge is 0.0951 e. The standard InChI is InChI=1S/C17H25N3/c1-14(2)20-13-19-12-17(20)11-18-10-9-15(3)16-7-5-4-6-8-16/h4-8,12-15,18H,9-11H2,1-3H3. The molecule has 0 spiro atoms. The molecule has 0 aliphatic heterocycles. The summed E-state index contributed by atoms with van der Waals surface area (Å²) in [6.45, 7) is 8.57. The van der Waals surface area contributed by atoms with Crippen molar-refractivity contribution in [1.29, 1.82) is 0 Å². The van der Waals surface area contributed by atoms with Crippen LogP contribution in [0.4, 0.5) is 0 Å². The van der Waals surface area contributed by atoms with E-state index >= 15 is 0 Å². The van der Waals surface area contributed by atoms with Gasteiger partial charge in [0.1, 0.15) is 0 Å². The van der Waals surface area contributed by atoms with Crippen LogP contribution in [0.5, 0.6) is 0 Å². The van der Waals surface area contributed by atoms with E-state index in [-0.39, 0.29) is 0 Å². The molecule has 0 fully saturated rings. The Morgan fingerprint density at radius 1 is 1.15 bits per heavy atom. The first-order valence-electron chi connectivity index (χ1n) is 7.45.